The highest BCUT2D eigenvalue weighted by atomic mass is 16.6. The first kappa shape index (κ1) is 22.3. The van der Waals surface area contributed by atoms with Crippen molar-refractivity contribution in [2.24, 2.45) is 0 Å². The van der Waals surface area contributed by atoms with E-state index < -0.39 is 0 Å². The van der Waals surface area contributed by atoms with Gasteiger partial charge in [0.25, 0.3) is 0 Å². The molecule has 0 bridgehead atoms. The Morgan fingerprint density at radius 2 is 1.28 bits per heavy atom. The highest BCUT2D eigenvalue weighted by molar-refractivity contribution is 5.93. The van der Waals surface area contributed by atoms with E-state index in [1.54, 1.807) is 11.9 Å². The monoisotopic (exact) mass is 411 g/mol. The van der Waals surface area contributed by atoms with Crippen LogP contribution in [0.4, 0.5) is 9.59 Å². The Morgan fingerprint density at radius 1 is 0.828 bits per heavy atom. The second-order valence-electron chi connectivity index (χ2n) is 9.61. The first-order valence-electron chi connectivity index (χ1n) is 10.9. The molecule has 3 aliphatic rings. The fraction of sp³-hybridized carbons (Fsp3) is 0.905. The minimum atomic E-state index is -0.317. The van der Waals surface area contributed by atoms with Gasteiger partial charge in [0.05, 0.1) is 36.6 Å². The molecular weight excluding hydrogens is 374 g/mol. The molecule has 0 aromatic rings. The maximum absolute atomic E-state index is 12.9. The van der Waals surface area contributed by atoms with Crippen molar-refractivity contribution >= 4 is 12.1 Å². The van der Waals surface area contributed by atoms with Gasteiger partial charge >= 0.3 is 12.1 Å². The number of epoxide rings is 3. The average Bonchev–Trinajstić information content (AvgIpc) is 3.60. The Kier molecular flexibility index (Phi) is 6.75. The molecule has 0 spiro atoms. The van der Waals surface area contributed by atoms with Crippen molar-refractivity contribution in [1.29, 1.82) is 0 Å². The summed E-state index contributed by atoms with van der Waals surface area (Å²) in [4.78, 5) is 28.6. The van der Waals surface area contributed by atoms with Crippen molar-refractivity contribution in [2.45, 2.75) is 76.1 Å². The summed E-state index contributed by atoms with van der Waals surface area (Å²) in [6.07, 6.45) is 5.12. The molecule has 1 N–H and O–H groups in total. The molecule has 3 rings (SSSR count). The van der Waals surface area contributed by atoms with Gasteiger partial charge in [-0.2, -0.15) is 0 Å². The van der Waals surface area contributed by atoms with E-state index in [0.29, 0.717) is 19.6 Å². The lowest BCUT2D eigenvalue weighted by Gasteiger charge is -2.27. The average molecular weight is 412 g/mol. The largest absolute Gasteiger partial charge is 0.370 e. The molecule has 3 heterocycles. The highest BCUT2D eigenvalue weighted by Gasteiger charge is 2.40. The summed E-state index contributed by atoms with van der Waals surface area (Å²) in [5, 5.41) is 2.91. The molecule has 29 heavy (non-hydrogen) atoms. The number of imide groups is 1. The van der Waals surface area contributed by atoms with Gasteiger partial charge in [-0.05, 0) is 59.3 Å². The summed E-state index contributed by atoms with van der Waals surface area (Å²) >= 11 is 0. The first-order valence-corrected chi connectivity index (χ1v) is 10.9. The SMILES string of the molecule is CN(CCCC1(C)CO1)C(=O)N(CCCC1(C)CO1)C(=O)NCCCC1(C)CO1. The van der Waals surface area contributed by atoms with Gasteiger partial charge in [-0.1, -0.05) is 0 Å². The predicted molar refractivity (Wildman–Crippen MR) is 109 cm³/mol. The van der Waals surface area contributed by atoms with Crippen LogP contribution in [-0.2, 0) is 14.2 Å². The van der Waals surface area contributed by atoms with Gasteiger partial charge in [-0.3, -0.25) is 0 Å². The van der Waals surface area contributed by atoms with Gasteiger partial charge in [0, 0.05) is 26.7 Å². The van der Waals surface area contributed by atoms with Gasteiger partial charge in [0.15, 0.2) is 0 Å². The number of carbonyl (C=O) groups excluding carboxylic acids is 2. The number of rotatable bonds is 12. The van der Waals surface area contributed by atoms with Crippen LogP contribution in [0, 0.1) is 0 Å². The summed E-state index contributed by atoms with van der Waals surface area (Å²) in [5.41, 5.74) is -0.0961. The van der Waals surface area contributed by atoms with Gasteiger partial charge in [0.1, 0.15) is 0 Å². The zero-order chi connectivity index (χ0) is 21.1. The van der Waals surface area contributed by atoms with E-state index in [1.165, 1.54) is 4.90 Å². The van der Waals surface area contributed by atoms with Gasteiger partial charge < -0.3 is 24.4 Å². The molecular formula is C21H37N3O5. The smallest absolute Gasteiger partial charge is 0.327 e. The molecule has 3 aliphatic heterocycles. The molecule has 0 aliphatic carbocycles. The van der Waals surface area contributed by atoms with Crippen molar-refractivity contribution in [2.75, 3.05) is 46.5 Å². The van der Waals surface area contributed by atoms with E-state index >= 15 is 0 Å². The number of ether oxygens (including phenoxy) is 3. The quantitative estimate of drug-likeness (QED) is 0.394. The standard InChI is InChI=1S/C21H37N3O5/c1-19(14-27-19)8-5-11-22-17(25)24(13-7-10-21(3)16-29-21)18(26)23(4)12-6-9-20(2)15-28-20/h5-16H2,1-4H3,(H,22,25). The molecule has 3 saturated heterocycles. The van der Waals surface area contributed by atoms with E-state index in [4.69, 9.17) is 14.2 Å². The van der Waals surface area contributed by atoms with Crippen LogP contribution in [0.5, 0.6) is 0 Å². The number of hydrogen-bond acceptors (Lipinski definition) is 5. The van der Waals surface area contributed by atoms with Crippen LogP contribution in [0.25, 0.3) is 0 Å². The van der Waals surface area contributed by atoms with E-state index in [0.717, 1.165) is 58.3 Å². The lowest BCUT2D eigenvalue weighted by atomic mass is 10.1. The van der Waals surface area contributed by atoms with Crippen molar-refractivity contribution in [3.8, 4) is 0 Å². The number of nitrogens with zero attached hydrogens (tertiary/aromatic N) is 2. The van der Waals surface area contributed by atoms with Crippen molar-refractivity contribution in [1.82, 2.24) is 15.1 Å². The number of urea groups is 2. The molecule has 3 unspecified atom stereocenters. The summed E-state index contributed by atoms with van der Waals surface area (Å²) in [5.74, 6) is 0. The maximum atomic E-state index is 12.9. The predicted octanol–water partition coefficient (Wildman–Crippen LogP) is 2.76. The second kappa shape index (κ2) is 8.78. The summed E-state index contributed by atoms with van der Waals surface area (Å²) in [6.45, 7) is 10.1. The summed E-state index contributed by atoms with van der Waals surface area (Å²) in [6, 6.07) is -0.563. The topological polar surface area (TPSA) is 90.2 Å². The number of hydrogen-bond donors (Lipinski definition) is 1. The third-order valence-corrected chi connectivity index (χ3v) is 6.16. The lowest BCUT2D eigenvalue weighted by molar-refractivity contribution is 0.157. The first-order chi connectivity index (χ1) is 13.6. The van der Waals surface area contributed by atoms with Gasteiger partial charge in [0.2, 0.25) is 0 Å². The van der Waals surface area contributed by atoms with Crippen LogP contribution in [0.15, 0.2) is 0 Å². The second-order valence-corrected chi connectivity index (χ2v) is 9.61. The molecule has 4 amide bonds. The molecule has 0 aromatic carbocycles. The van der Waals surface area contributed by atoms with E-state index in [1.807, 2.05) is 0 Å². The Balaban J connectivity index is 1.44. The van der Waals surface area contributed by atoms with E-state index in [2.05, 4.69) is 26.1 Å². The van der Waals surface area contributed by atoms with Gasteiger partial charge in [-0.15, -0.1) is 0 Å². The molecule has 8 nitrogen and oxygen atoms in total. The lowest BCUT2D eigenvalue weighted by Crippen LogP contribution is -2.50. The van der Waals surface area contributed by atoms with E-state index in [-0.39, 0.29) is 28.9 Å². The molecule has 3 fully saturated rings. The number of nitrogens with one attached hydrogen (secondary N) is 1. The molecule has 0 saturated carbocycles. The Bertz CT molecular complexity index is 599. The van der Waals surface area contributed by atoms with Crippen LogP contribution in [0.3, 0.4) is 0 Å². The normalized spacial score (nSPS) is 31.9. The fourth-order valence-corrected chi connectivity index (χ4v) is 3.44. The van der Waals surface area contributed by atoms with Crippen LogP contribution in [-0.4, -0.2) is 85.2 Å². The van der Waals surface area contributed by atoms with Crippen LogP contribution >= 0.6 is 0 Å². The molecule has 166 valence electrons. The maximum Gasteiger partial charge on any atom is 0.327 e. The number of amides is 4. The molecule has 0 aromatic heterocycles. The molecule has 0 radical (unpaired) electrons. The Labute approximate surface area is 174 Å². The van der Waals surface area contributed by atoms with Crippen molar-refractivity contribution in [3.63, 3.8) is 0 Å². The van der Waals surface area contributed by atoms with Crippen LogP contribution in [0.1, 0.15) is 59.3 Å². The van der Waals surface area contributed by atoms with Crippen LogP contribution in [0.2, 0.25) is 0 Å². The van der Waals surface area contributed by atoms with Gasteiger partial charge in [-0.25, -0.2) is 14.5 Å². The van der Waals surface area contributed by atoms with Crippen molar-refractivity contribution in [3.05, 3.63) is 0 Å². The third kappa shape index (κ3) is 7.12. The summed E-state index contributed by atoms with van der Waals surface area (Å²) < 4.78 is 16.2. The zero-order valence-electron chi connectivity index (χ0n) is 18.4. The minimum absolute atomic E-state index is 0.0113. The highest BCUT2D eigenvalue weighted by Crippen LogP contribution is 2.32. The molecule has 3 atom stereocenters. The minimum Gasteiger partial charge on any atom is -0.370 e. The summed E-state index contributed by atoms with van der Waals surface area (Å²) in [7, 11) is 1.76. The number of carbonyl (C=O) groups is 2. The van der Waals surface area contributed by atoms with E-state index in [9.17, 15) is 9.59 Å². The fourth-order valence-electron chi connectivity index (χ4n) is 3.44. The Morgan fingerprint density at radius 3 is 1.76 bits per heavy atom. The van der Waals surface area contributed by atoms with Crippen LogP contribution < -0.4 is 5.32 Å². The van der Waals surface area contributed by atoms with Crippen molar-refractivity contribution < 1.29 is 23.8 Å². The molecule has 8 heteroatoms. The third-order valence-electron chi connectivity index (χ3n) is 6.16. The zero-order valence-corrected chi connectivity index (χ0v) is 18.4. The Hall–Kier alpha value is -1.38.